The van der Waals surface area contributed by atoms with E-state index in [2.05, 4.69) is 19.7 Å². The first-order valence-electron chi connectivity index (χ1n) is 5.55. The Balaban J connectivity index is 3.06. The van der Waals surface area contributed by atoms with Crippen LogP contribution in [0.5, 0.6) is 0 Å². The summed E-state index contributed by atoms with van der Waals surface area (Å²) in [5.74, 6) is -0.0887. The molecule has 0 aromatic carbocycles. The van der Waals surface area contributed by atoms with E-state index in [1.165, 1.54) is 0 Å². The molecule has 0 aliphatic heterocycles. The summed E-state index contributed by atoms with van der Waals surface area (Å²) in [6.45, 7) is 15.3. The SMILES string of the molecule is C=C1CCCC(C(=C)C)C(F)(C(=C)C)C1. The maximum Gasteiger partial charge on any atom is 0.141 e. The smallest absolute Gasteiger partial charge is 0.141 e. The fourth-order valence-electron chi connectivity index (χ4n) is 2.45. The van der Waals surface area contributed by atoms with E-state index in [4.69, 9.17) is 0 Å². The molecule has 2 unspecified atom stereocenters. The Morgan fingerprint density at radius 2 is 2.00 bits per heavy atom. The van der Waals surface area contributed by atoms with Crippen molar-refractivity contribution in [2.75, 3.05) is 0 Å². The summed E-state index contributed by atoms with van der Waals surface area (Å²) in [4.78, 5) is 0. The first-order valence-corrected chi connectivity index (χ1v) is 5.55. The van der Waals surface area contributed by atoms with Gasteiger partial charge in [-0.2, -0.15) is 0 Å². The van der Waals surface area contributed by atoms with E-state index in [0.29, 0.717) is 12.0 Å². The second-order valence-corrected chi connectivity index (χ2v) is 4.86. The van der Waals surface area contributed by atoms with Gasteiger partial charge in [-0.25, -0.2) is 4.39 Å². The summed E-state index contributed by atoms with van der Waals surface area (Å²) < 4.78 is 14.9. The van der Waals surface area contributed by atoms with Crippen LogP contribution in [-0.4, -0.2) is 5.67 Å². The van der Waals surface area contributed by atoms with Gasteiger partial charge in [0.05, 0.1) is 0 Å². The molecule has 1 aliphatic carbocycles. The second kappa shape index (κ2) is 4.34. The highest BCUT2D eigenvalue weighted by Crippen LogP contribution is 2.44. The van der Waals surface area contributed by atoms with Gasteiger partial charge < -0.3 is 0 Å². The maximum absolute atomic E-state index is 14.9. The van der Waals surface area contributed by atoms with Crippen LogP contribution < -0.4 is 0 Å². The molecule has 1 heteroatoms. The monoisotopic (exact) mass is 208 g/mol. The minimum atomic E-state index is -1.32. The molecule has 1 aliphatic rings. The quantitative estimate of drug-likeness (QED) is 0.460. The van der Waals surface area contributed by atoms with Crippen LogP contribution in [0.4, 0.5) is 4.39 Å². The summed E-state index contributed by atoms with van der Waals surface area (Å²) in [6, 6.07) is 0. The van der Waals surface area contributed by atoms with E-state index in [-0.39, 0.29) is 5.92 Å². The third-order valence-corrected chi connectivity index (χ3v) is 3.39. The maximum atomic E-state index is 14.9. The first kappa shape index (κ1) is 12.2. The van der Waals surface area contributed by atoms with Crippen molar-refractivity contribution in [3.05, 3.63) is 36.5 Å². The molecule has 0 saturated heterocycles. The standard InChI is InChI=1S/C14H21F/c1-10(2)13-8-6-7-12(5)9-14(13,15)11(3)4/h13H,1,3,5-9H2,2,4H3. The third kappa shape index (κ3) is 2.39. The molecule has 0 N–H and O–H groups in total. The van der Waals surface area contributed by atoms with Gasteiger partial charge in [0.15, 0.2) is 0 Å². The predicted octanol–water partition coefficient (Wildman–Crippen LogP) is 4.59. The average molecular weight is 208 g/mol. The van der Waals surface area contributed by atoms with Gasteiger partial charge in [0.2, 0.25) is 0 Å². The molecule has 84 valence electrons. The van der Waals surface area contributed by atoms with E-state index in [1.54, 1.807) is 6.92 Å². The lowest BCUT2D eigenvalue weighted by Gasteiger charge is -2.33. The van der Waals surface area contributed by atoms with Crippen molar-refractivity contribution >= 4 is 0 Å². The highest BCUT2D eigenvalue weighted by Gasteiger charge is 2.41. The molecule has 2 atom stereocenters. The van der Waals surface area contributed by atoms with Crippen molar-refractivity contribution in [1.29, 1.82) is 0 Å². The molecule has 1 rings (SSSR count). The summed E-state index contributed by atoms with van der Waals surface area (Å²) in [7, 11) is 0. The number of rotatable bonds is 2. The van der Waals surface area contributed by atoms with Crippen molar-refractivity contribution in [3.8, 4) is 0 Å². The average Bonchev–Trinajstić information content (AvgIpc) is 2.24. The van der Waals surface area contributed by atoms with Crippen LogP contribution in [0.25, 0.3) is 0 Å². The van der Waals surface area contributed by atoms with Gasteiger partial charge in [0, 0.05) is 12.3 Å². The van der Waals surface area contributed by atoms with Gasteiger partial charge in [0.1, 0.15) is 5.67 Å². The molecule has 0 radical (unpaired) electrons. The Bertz CT molecular complexity index is 300. The minimum absolute atomic E-state index is 0.0887. The number of hydrogen-bond donors (Lipinski definition) is 0. The second-order valence-electron chi connectivity index (χ2n) is 4.86. The summed E-state index contributed by atoms with van der Waals surface area (Å²) in [6.07, 6.45) is 3.22. The van der Waals surface area contributed by atoms with Gasteiger partial charge in [-0.3, -0.25) is 0 Å². The summed E-state index contributed by atoms with van der Waals surface area (Å²) >= 11 is 0. The molecule has 1 fully saturated rings. The van der Waals surface area contributed by atoms with E-state index in [0.717, 1.165) is 30.4 Å². The zero-order valence-electron chi connectivity index (χ0n) is 9.91. The fraction of sp³-hybridized carbons (Fsp3) is 0.571. The summed E-state index contributed by atoms with van der Waals surface area (Å²) in [5, 5.41) is 0. The number of alkyl halides is 1. The molecular weight excluding hydrogens is 187 g/mol. The first-order chi connectivity index (χ1) is 6.88. The lowest BCUT2D eigenvalue weighted by Crippen LogP contribution is -2.34. The van der Waals surface area contributed by atoms with E-state index < -0.39 is 5.67 Å². The third-order valence-electron chi connectivity index (χ3n) is 3.39. The Labute approximate surface area is 92.6 Å². The summed E-state index contributed by atoms with van der Waals surface area (Å²) in [5.41, 5.74) is 1.22. The van der Waals surface area contributed by atoms with Crippen LogP contribution in [0.1, 0.15) is 39.5 Å². The van der Waals surface area contributed by atoms with Gasteiger partial charge in [-0.15, -0.1) is 0 Å². The Kier molecular flexibility index (Phi) is 3.54. The lowest BCUT2D eigenvalue weighted by molar-refractivity contribution is 0.144. The van der Waals surface area contributed by atoms with Gasteiger partial charge in [0.25, 0.3) is 0 Å². The number of halogens is 1. The highest BCUT2D eigenvalue weighted by molar-refractivity contribution is 5.25. The molecule has 15 heavy (non-hydrogen) atoms. The van der Waals surface area contributed by atoms with Gasteiger partial charge >= 0.3 is 0 Å². The molecular formula is C14H21F. The van der Waals surface area contributed by atoms with Crippen LogP contribution in [-0.2, 0) is 0 Å². The molecule has 0 aromatic rings. The molecule has 0 amide bonds. The van der Waals surface area contributed by atoms with E-state index in [1.807, 2.05) is 6.92 Å². The highest BCUT2D eigenvalue weighted by atomic mass is 19.1. The predicted molar refractivity (Wildman–Crippen MR) is 64.6 cm³/mol. The van der Waals surface area contributed by atoms with Crippen molar-refractivity contribution in [1.82, 2.24) is 0 Å². The Morgan fingerprint density at radius 1 is 1.40 bits per heavy atom. The lowest BCUT2D eigenvalue weighted by atomic mass is 9.76. The molecule has 0 aromatic heterocycles. The molecule has 0 spiro atoms. The Hall–Kier alpha value is -0.850. The molecule has 0 bridgehead atoms. The number of hydrogen-bond acceptors (Lipinski definition) is 0. The van der Waals surface area contributed by atoms with Crippen LogP contribution >= 0.6 is 0 Å². The number of allylic oxidation sites excluding steroid dienone is 3. The zero-order valence-corrected chi connectivity index (χ0v) is 9.91. The van der Waals surface area contributed by atoms with Crippen molar-refractivity contribution in [3.63, 3.8) is 0 Å². The molecule has 1 saturated carbocycles. The van der Waals surface area contributed by atoms with Gasteiger partial charge in [-0.1, -0.05) is 30.9 Å². The fourth-order valence-corrected chi connectivity index (χ4v) is 2.45. The van der Waals surface area contributed by atoms with E-state index >= 15 is 0 Å². The van der Waals surface area contributed by atoms with Crippen LogP contribution in [0.15, 0.2) is 36.5 Å². The van der Waals surface area contributed by atoms with Crippen LogP contribution in [0.3, 0.4) is 0 Å². The van der Waals surface area contributed by atoms with Gasteiger partial charge in [-0.05, 0) is 38.7 Å². The van der Waals surface area contributed by atoms with Crippen molar-refractivity contribution in [2.45, 2.75) is 45.2 Å². The zero-order chi connectivity index (χ0) is 11.6. The van der Waals surface area contributed by atoms with Crippen molar-refractivity contribution in [2.24, 2.45) is 5.92 Å². The van der Waals surface area contributed by atoms with Crippen LogP contribution in [0, 0.1) is 5.92 Å². The van der Waals surface area contributed by atoms with Crippen molar-refractivity contribution < 1.29 is 4.39 Å². The Morgan fingerprint density at radius 3 is 2.47 bits per heavy atom. The minimum Gasteiger partial charge on any atom is -0.238 e. The van der Waals surface area contributed by atoms with Crippen LogP contribution in [0.2, 0.25) is 0 Å². The topological polar surface area (TPSA) is 0 Å². The normalized spacial score (nSPS) is 32.2. The van der Waals surface area contributed by atoms with E-state index in [9.17, 15) is 4.39 Å². The largest absolute Gasteiger partial charge is 0.238 e. The molecule has 0 heterocycles. The molecule has 0 nitrogen and oxygen atoms in total.